The van der Waals surface area contributed by atoms with E-state index in [4.69, 9.17) is 5.11 Å². The smallest absolute Gasteiger partial charge is 0.317 e. The predicted molar refractivity (Wildman–Crippen MR) is 102 cm³/mol. The number of amides is 2. The van der Waals surface area contributed by atoms with Crippen LogP contribution < -0.4 is 5.32 Å². The fraction of sp³-hybridized carbons (Fsp3) is 0.333. The summed E-state index contributed by atoms with van der Waals surface area (Å²) in [6.07, 6.45) is 1.84. The molecule has 138 valence electrons. The Morgan fingerprint density at radius 3 is 2.15 bits per heavy atom. The van der Waals surface area contributed by atoms with E-state index in [0.29, 0.717) is 19.4 Å². The highest BCUT2D eigenvalue weighted by molar-refractivity contribution is 5.74. The average Bonchev–Trinajstić information content (AvgIpc) is 2.65. The molecule has 0 fully saturated rings. The second-order valence-corrected chi connectivity index (χ2v) is 6.43. The molecule has 0 radical (unpaired) electrons. The van der Waals surface area contributed by atoms with Crippen molar-refractivity contribution in [2.75, 3.05) is 13.6 Å². The van der Waals surface area contributed by atoms with Crippen molar-refractivity contribution < 1.29 is 14.7 Å². The van der Waals surface area contributed by atoms with Gasteiger partial charge in [-0.3, -0.25) is 4.79 Å². The molecule has 2 amide bonds. The maximum absolute atomic E-state index is 12.5. The monoisotopic (exact) mass is 354 g/mol. The van der Waals surface area contributed by atoms with Crippen LogP contribution in [-0.4, -0.2) is 41.6 Å². The number of nitrogens with zero attached hydrogens (tertiary/aromatic N) is 1. The molecule has 2 rings (SSSR count). The summed E-state index contributed by atoms with van der Waals surface area (Å²) >= 11 is 0. The number of hydrogen-bond donors (Lipinski definition) is 2. The van der Waals surface area contributed by atoms with Gasteiger partial charge in [-0.05, 0) is 30.4 Å². The molecule has 0 aliphatic heterocycles. The predicted octanol–water partition coefficient (Wildman–Crippen LogP) is 3.35. The van der Waals surface area contributed by atoms with Crippen LogP contribution in [0, 0.1) is 0 Å². The Morgan fingerprint density at radius 1 is 1.00 bits per heavy atom. The zero-order valence-electron chi connectivity index (χ0n) is 15.1. The molecule has 0 heterocycles. The van der Waals surface area contributed by atoms with Crippen LogP contribution >= 0.6 is 0 Å². The van der Waals surface area contributed by atoms with E-state index >= 15 is 0 Å². The Bertz CT molecular complexity index is 689. The van der Waals surface area contributed by atoms with Gasteiger partial charge in [-0.25, -0.2) is 4.79 Å². The SMILES string of the molecule is CN(CCc1ccccc1)C(=O)NC(CCC(=O)O)Cc1ccccc1. The largest absolute Gasteiger partial charge is 0.481 e. The zero-order chi connectivity index (χ0) is 18.8. The summed E-state index contributed by atoms with van der Waals surface area (Å²) in [5.41, 5.74) is 2.26. The maximum atomic E-state index is 12.5. The summed E-state index contributed by atoms with van der Waals surface area (Å²) in [5.74, 6) is -0.852. The molecule has 1 unspecified atom stereocenters. The van der Waals surface area contributed by atoms with Crippen molar-refractivity contribution in [3.05, 3.63) is 71.8 Å². The van der Waals surface area contributed by atoms with Gasteiger partial charge in [0, 0.05) is 26.1 Å². The first-order valence-electron chi connectivity index (χ1n) is 8.86. The molecule has 1 atom stereocenters. The van der Waals surface area contributed by atoms with E-state index in [2.05, 4.69) is 5.32 Å². The van der Waals surface area contributed by atoms with Crippen molar-refractivity contribution in [2.45, 2.75) is 31.7 Å². The number of carboxylic acid groups (broad SMARTS) is 1. The minimum atomic E-state index is -0.852. The maximum Gasteiger partial charge on any atom is 0.317 e. The zero-order valence-corrected chi connectivity index (χ0v) is 15.1. The minimum Gasteiger partial charge on any atom is -0.481 e. The Labute approximate surface area is 154 Å². The number of aliphatic carboxylic acids is 1. The number of urea groups is 1. The molecular weight excluding hydrogens is 328 g/mol. The number of likely N-dealkylation sites (N-methyl/N-ethyl adjacent to an activating group) is 1. The van der Waals surface area contributed by atoms with Gasteiger partial charge in [-0.1, -0.05) is 60.7 Å². The Kier molecular flexibility index (Phi) is 7.68. The lowest BCUT2D eigenvalue weighted by atomic mass is 10.0. The van der Waals surface area contributed by atoms with Gasteiger partial charge >= 0.3 is 12.0 Å². The van der Waals surface area contributed by atoms with E-state index in [9.17, 15) is 9.59 Å². The van der Waals surface area contributed by atoms with Crippen molar-refractivity contribution in [3.63, 3.8) is 0 Å². The first-order valence-corrected chi connectivity index (χ1v) is 8.86. The third-order valence-electron chi connectivity index (χ3n) is 4.28. The Balaban J connectivity index is 1.89. The first kappa shape index (κ1) is 19.5. The lowest BCUT2D eigenvalue weighted by Gasteiger charge is -2.23. The van der Waals surface area contributed by atoms with Gasteiger partial charge in [0.25, 0.3) is 0 Å². The van der Waals surface area contributed by atoms with E-state index in [1.54, 1.807) is 11.9 Å². The molecule has 0 bridgehead atoms. The number of rotatable bonds is 9. The van der Waals surface area contributed by atoms with Crippen LogP contribution in [-0.2, 0) is 17.6 Å². The second kappa shape index (κ2) is 10.2. The summed E-state index contributed by atoms with van der Waals surface area (Å²) in [6, 6.07) is 19.4. The normalized spacial score (nSPS) is 11.6. The van der Waals surface area contributed by atoms with E-state index < -0.39 is 5.97 Å². The van der Waals surface area contributed by atoms with Gasteiger partial charge in [0.15, 0.2) is 0 Å². The second-order valence-electron chi connectivity index (χ2n) is 6.43. The summed E-state index contributed by atoms with van der Waals surface area (Å²) in [5, 5.41) is 11.9. The van der Waals surface area contributed by atoms with Crippen molar-refractivity contribution in [3.8, 4) is 0 Å². The van der Waals surface area contributed by atoms with E-state index in [0.717, 1.165) is 12.0 Å². The molecule has 0 saturated carbocycles. The van der Waals surface area contributed by atoms with Crippen LogP contribution in [0.5, 0.6) is 0 Å². The van der Waals surface area contributed by atoms with E-state index in [1.807, 2.05) is 60.7 Å². The average molecular weight is 354 g/mol. The first-order chi connectivity index (χ1) is 12.5. The highest BCUT2D eigenvalue weighted by Gasteiger charge is 2.17. The molecule has 2 aromatic rings. The number of hydrogen-bond acceptors (Lipinski definition) is 2. The van der Waals surface area contributed by atoms with Gasteiger partial charge in [0.1, 0.15) is 0 Å². The summed E-state index contributed by atoms with van der Waals surface area (Å²) in [4.78, 5) is 25.0. The van der Waals surface area contributed by atoms with Gasteiger partial charge in [0.05, 0.1) is 0 Å². The molecule has 26 heavy (non-hydrogen) atoms. The van der Waals surface area contributed by atoms with Gasteiger partial charge in [-0.2, -0.15) is 0 Å². The topological polar surface area (TPSA) is 69.6 Å². The number of nitrogens with one attached hydrogen (secondary N) is 1. The third-order valence-corrected chi connectivity index (χ3v) is 4.28. The molecule has 5 nitrogen and oxygen atoms in total. The van der Waals surface area contributed by atoms with Gasteiger partial charge < -0.3 is 15.3 Å². The van der Waals surface area contributed by atoms with Gasteiger partial charge in [0.2, 0.25) is 0 Å². The van der Waals surface area contributed by atoms with E-state index in [-0.39, 0.29) is 18.5 Å². The standard InChI is InChI=1S/C21H26N2O3/c1-23(15-14-17-8-4-2-5-9-17)21(26)22-19(12-13-20(24)25)16-18-10-6-3-7-11-18/h2-11,19H,12-16H2,1H3,(H,22,26)(H,24,25). The summed E-state index contributed by atoms with van der Waals surface area (Å²) in [6.45, 7) is 0.604. The van der Waals surface area contributed by atoms with Crippen LogP contribution in [0.2, 0.25) is 0 Å². The number of carbonyl (C=O) groups is 2. The number of carboxylic acids is 1. The Hall–Kier alpha value is -2.82. The van der Waals surface area contributed by atoms with Crippen molar-refractivity contribution in [2.24, 2.45) is 0 Å². The highest BCUT2D eigenvalue weighted by Crippen LogP contribution is 2.09. The third kappa shape index (κ3) is 6.97. The molecule has 5 heteroatoms. The molecule has 0 aliphatic rings. The lowest BCUT2D eigenvalue weighted by Crippen LogP contribution is -2.44. The van der Waals surface area contributed by atoms with Crippen LogP contribution in [0.25, 0.3) is 0 Å². The van der Waals surface area contributed by atoms with Crippen molar-refractivity contribution >= 4 is 12.0 Å². The lowest BCUT2D eigenvalue weighted by molar-refractivity contribution is -0.137. The summed E-state index contributed by atoms with van der Waals surface area (Å²) < 4.78 is 0. The van der Waals surface area contributed by atoms with Crippen LogP contribution in [0.15, 0.2) is 60.7 Å². The molecule has 0 aliphatic carbocycles. The van der Waals surface area contributed by atoms with Crippen LogP contribution in [0.3, 0.4) is 0 Å². The van der Waals surface area contributed by atoms with E-state index in [1.165, 1.54) is 5.56 Å². The highest BCUT2D eigenvalue weighted by atomic mass is 16.4. The van der Waals surface area contributed by atoms with Gasteiger partial charge in [-0.15, -0.1) is 0 Å². The quantitative estimate of drug-likeness (QED) is 0.725. The molecule has 2 N–H and O–H groups in total. The molecular formula is C21H26N2O3. The van der Waals surface area contributed by atoms with Crippen molar-refractivity contribution in [1.29, 1.82) is 0 Å². The van der Waals surface area contributed by atoms with Crippen LogP contribution in [0.4, 0.5) is 4.79 Å². The van der Waals surface area contributed by atoms with Crippen LogP contribution in [0.1, 0.15) is 24.0 Å². The molecule has 2 aromatic carbocycles. The van der Waals surface area contributed by atoms with Crippen molar-refractivity contribution in [1.82, 2.24) is 10.2 Å². The molecule has 0 aromatic heterocycles. The minimum absolute atomic E-state index is 0.0332. The number of benzene rings is 2. The fourth-order valence-corrected chi connectivity index (χ4v) is 2.75. The Morgan fingerprint density at radius 2 is 1.58 bits per heavy atom. The fourth-order valence-electron chi connectivity index (χ4n) is 2.75. The molecule has 0 spiro atoms. The molecule has 0 saturated heterocycles. The number of carbonyl (C=O) groups excluding carboxylic acids is 1. The summed E-state index contributed by atoms with van der Waals surface area (Å²) in [7, 11) is 1.76.